The van der Waals surface area contributed by atoms with Crippen molar-refractivity contribution in [1.29, 1.82) is 0 Å². The minimum Gasteiger partial charge on any atom is -0.317 e. The summed E-state index contributed by atoms with van der Waals surface area (Å²) in [6.07, 6.45) is 13.5. The lowest BCUT2D eigenvalue weighted by atomic mass is 9.97. The van der Waals surface area contributed by atoms with Gasteiger partial charge in [0.05, 0.1) is 0 Å². The van der Waals surface area contributed by atoms with Crippen molar-refractivity contribution < 1.29 is 0 Å². The molecule has 3 rings (SSSR count). The first kappa shape index (κ1) is 30.7. The highest BCUT2D eigenvalue weighted by Gasteiger charge is 2.14. The summed E-state index contributed by atoms with van der Waals surface area (Å²) in [5.74, 6) is 0. The largest absolute Gasteiger partial charge is 0.317 e. The van der Waals surface area contributed by atoms with E-state index in [1.165, 1.54) is 64.6 Å². The molecule has 0 atom stereocenters. The molecule has 0 aromatic carbocycles. The van der Waals surface area contributed by atoms with Crippen LogP contribution in [0.25, 0.3) is 0 Å². The maximum atomic E-state index is 3.65. The molecule has 2 saturated heterocycles. The van der Waals surface area contributed by atoms with E-state index >= 15 is 0 Å². The smallest absolute Gasteiger partial charge is 0.0196 e. The lowest BCUT2D eigenvalue weighted by Gasteiger charge is -2.28. The van der Waals surface area contributed by atoms with Gasteiger partial charge in [-0.25, -0.2) is 0 Å². The van der Waals surface area contributed by atoms with Gasteiger partial charge in [0, 0.05) is 52.4 Å². The molecular weight excluding hydrogens is 460 g/mol. The Hall–Kier alpha value is -0.840. The highest BCUT2D eigenvalue weighted by Crippen LogP contribution is 2.20. The Morgan fingerprint density at radius 3 is 1.19 bits per heavy atom. The van der Waals surface area contributed by atoms with E-state index in [0.717, 1.165) is 98.2 Å². The van der Waals surface area contributed by atoms with Crippen molar-refractivity contribution in [2.75, 3.05) is 118 Å². The molecule has 0 aromatic rings. The summed E-state index contributed by atoms with van der Waals surface area (Å²) >= 11 is 0. The number of allylic oxidation sites excluding steroid dienone is 2. The monoisotopic (exact) mass is 518 g/mol. The topological polar surface area (TPSA) is 78.7 Å². The van der Waals surface area contributed by atoms with Crippen molar-refractivity contribution in [3.8, 4) is 0 Å². The average molecular weight is 519 g/mol. The highest BCUT2D eigenvalue weighted by molar-refractivity contribution is 5.25. The molecule has 2 fully saturated rings. The van der Waals surface area contributed by atoms with E-state index in [0.29, 0.717) is 0 Å². The van der Waals surface area contributed by atoms with Gasteiger partial charge >= 0.3 is 0 Å². The molecule has 8 heteroatoms. The summed E-state index contributed by atoms with van der Waals surface area (Å²) in [6, 6.07) is 0. The summed E-state index contributed by atoms with van der Waals surface area (Å²) in [7, 11) is 0. The normalized spacial score (nSPS) is 25.2. The first-order valence-electron chi connectivity index (χ1n) is 15.5. The van der Waals surface area contributed by atoms with Crippen LogP contribution < -0.4 is 31.9 Å². The number of rotatable bonds is 4. The zero-order valence-corrected chi connectivity index (χ0v) is 23.7. The standard InChI is InChI=1S/C29H58N8/c1-10-30-14-3-22-36(23-4-15-33-19-17-31-11-1)26-28-6-8-29(9-7-28)27-37-24-5-16-34-20-18-32-12-2-13-35-21-25-37/h6,8,30-35H,1-5,7,9-27H2. The van der Waals surface area contributed by atoms with Crippen molar-refractivity contribution in [2.24, 2.45) is 0 Å². The fourth-order valence-corrected chi connectivity index (χ4v) is 5.40. The number of hydrogen-bond donors (Lipinski definition) is 6. The predicted molar refractivity (Wildman–Crippen MR) is 159 cm³/mol. The van der Waals surface area contributed by atoms with Crippen LogP contribution in [-0.2, 0) is 0 Å². The van der Waals surface area contributed by atoms with E-state index < -0.39 is 0 Å². The van der Waals surface area contributed by atoms with E-state index in [4.69, 9.17) is 0 Å². The second-order valence-corrected chi connectivity index (χ2v) is 11.0. The Balaban J connectivity index is 1.44. The number of nitrogens with one attached hydrogen (secondary N) is 6. The van der Waals surface area contributed by atoms with Gasteiger partial charge in [-0.05, 0) is 110 Å². The fraction of sp³-hybridized carbons (Fsp3) is 0.862. The first-order chi connectivity index (χ1) is 18.4. The lowest BCUT2D eigenvalue weighted by Crippen LogP contribution is -2.37. The predicted octanol–water partition coefficient (Wildman–Crippen LogP) is 0.752. The Morgan fingerprint density at radius 2 is 0.757 bits per heavy atom. The third-order valence-electron chi connectivity index (χ3n) is 7.64. The van der Waals surface area contributed by atoms with Gasteiger partial charge < -0.3 is 31.9 Å². The number of hydrogen-bond acceptors (Lipinski definition) is 8. The molecule has 0 saturated carbocycles. The van der Waals surface area contributed by atoms with Gasteiger partial charge in [-0.3, -0.25) is 9.80 Å². The van der Waals surface area contributed by atoms with Crippen LogP contribution in [0.2, 0.25) is 0 Å². The zero-order valence-electron chi connectivity index (χ0n) is 23.7. The minimum atomic E-state index is 1.08. The van der Waals surface area contributed by atoms with Crippen LogP contribution >= 0.6 is 0 Å². The number of nitrogens with zero attached hydrogens (tertiary/aromatic N) is 2. The minimum absolute atomic E-state index is 1.08. The van der Waals surface area contributed by atoms with Gasteiger partial charge in [0.15, 0.2) is 0 Å². The molecule has 0 amide bonds. The second kappa shape index (κ2) is 21.0. The maximum Gasteiger partial charge on any atom is 0.0196 e. The maximum absolute atomic E-state index is 3.65. The van der Waals surface area contributed by atoms with E-state index in [1.54, 1.807) is 11.1 Å². The molecule has 1 aliphatic carbocycles. The van der Waals surface area contributed by atoms with E-state index in [9.17, 15) is 0 Å². The lowest BCUT2D eigenvalue weighted by molar-refractivity contribution is 0.279. The van der Waals surface area contributed by atoms with E-state index in [1.807, 2.05) is 0 Å². The molecule has 0 radical (unpaired) electrons. The molecule has 37 heavy (non-hydrogen) atoms. The van der Waals surface area contributed by atoms with Crippen molar-refractivity contribution >= 4 is 0 Å². The molecule has 0 bridgehead atoms. The Labute approximate surface area is 227 Å². The van der Waals surface area contributed by atoms with Gasteiger partial charge in [0.25, 0.3) is 0 Å². The van der Waals surface area contributed by atoms with Gasteiger partial charge in [0.1, 0.15) is 0 Å². The van der Waals surface area contributed by atoms with Crippen LogP contribution in [-0.4, -0.2) is 128 Å². The molecular formula is C29H58N8. The molecule has 0 unspecified atom stereocenters. The van der Waals surface area contributed by atoms with Crippen LogP contribution in [0.5, 0.6) is 0 Å². The molecule has 3 aliphatic rings. The van der Waals surface area contributed by atoms with Crippen LogP contribution in [0.4, 0.5) is 0 Å². The molecule has 2 heterocycles. The summed E-state index contributed by atoms with van der Waals surface area (Å²) in [6.45, 7) is 20.2. The van der Waals surface area contributed by atoms with Gasteiger partial charge in [-0.1, -0.05) is 23.3 Å². The van der Waals surface area contributed by atoms with Crippen molar-refractivity contribution in [2.45, 2.75) is 44.9 Å². The second-order valence-electron chi connectivity index (χ2n) is 11.0. The zero-order chi connectivity index (χ0) is 25.6. The van der Waals surface area contributed by atoms with Crippen LogP contribution in [0.3, 0.4) is 0 Å². The Morgan fingerprint density at radius 1 is 0.405 bits per heavy atom. The quantitative estimate of drug-likeness (QED) is 0.326. The molecule has 214 valence electrons. The van der Waals surface area contributed by atoms with Crippen LogP contribution in [0, 0.1) is 0 Å². The fourth-order valence-electron chi connectivity index (χ4n) is 5.40. The van der Waals surface area contributed by atoms with Gasteiger partial charge in [-0.2, -0.15) is 0 Å². The summed E-state index contributed by atoms with van der Waals surface area (Å²) in [4.78, 5) is 5.36. The molecule has 0 spiro atoms. The van der Waals surface area contributed by atoms with E-state index in [-0.39, 0.29) is 0 Å². The van der Waals surface area contributed by atoms with Crippen LogP contribution in [0.15, 0.2) is 23.3 Å². The molecule has 2 aliphatic heterocycles. The Bertz CT molecular complexity index is 593. The molecule has 8 nitrogen and oxygen atoms in total. The summed E-state index contributed by atoms with van der Waals surface area (Å²) in [5, 5.41) is 21.5. The molecule has 0 aromatic heterocycles. The average Bonchev–Trinajstić information content (AvgIpc) is 2.92. The van der Waals surface area contributed by atoms with Crippen molar-refractivity contribution in [1.82, 2.24) is 41.7 Å². The van der Waals surface area contributed by atoms with Gasteiger partial charge in [-0.15, -0.1) is 0 Å². The highest BCUT2D eigenvalue weighted by atomic mass is 15.1. The van der Waals surface area contributed by atoms with Crippen LogP contribution in [0.1, 0.15) is 44.9 Å². The summed E-state index contributed by atoms with van der Waals surface area (Å²) in [5.41, 5.74) is 3.23. The van der Waals surface area contributed by atoms with Crippen molar-refractivity contribution in [3.63, 3.8) is 0 Å². The molecule has 6 N–H and O–H groups in total. The Kier molecular flexibility index (Phi) is 17.5. The third kappa shape index (κ3) is 15.4. The van der Waals surface area contributed by atoms with Crippen molar-refractivity contribution in [3.05, 3.63) is 23.3 Å². The SMILES string of the molecule is C1=C(CN2CCCNCCCNCCNCCC2)CCC(CN2CCCNCCNCCCNCC2)=C1. The summed E-state index contributed by atoms with van der Waals surface area (Å²) < 4.78 is 0. The first-order valence-corrected chi connectivity index (χ1v) is 15.5. The third-order valence-corrected chi connectivity index (χ3v) is 7.64. The van der Waals surface area contributed by atoms with E-state index in [2.05, 4.69) is 53.9 Å². The van der Waals surface area contributed by atoms with Gasteiger partial charge in [0.2, 0.25) is 0 Å².